The first-order valence-corrected chi connectivity index (χ1v) is 5.82. The minimum atomic E-state index is -0.517. The van der Waals surface area contributed by atoms with Crippen molar-refractivity contribution in [1.82, 2.24) is 16.0 Å². The van der Waals surface area contributed by atoms with Gasteiger partial charge < -0.3 is 16.0 Å². The van der Waals surface area contributed by atoms with Gasteiger partial charge in [0.2, 0.25) is 11.8 Å². The van der Waals surface area contributed by atoms with Gasteiger partial charge in [0.05, 0.1) is 12.0 Å². The molecule has 5 heteroatoms. The van der Waals surface area contributed by atoms with Crippen LogP contribution < -0.4 is 16.0 Å². The van der Waals surface area contributed by atoms with Crippen LogP contribution in [0, 0.1) is 5.41 Å². The molecule has 100 valence electrons. The maximum atomic E-state index is 11.5. The molecule has 17 heavy (non-hydrogen) atoms. The molecule has 0 aliphatic carbocycles. The van der Waals surface area contributed by atoms with Gasteiger partial charge in [-0.25, -0.2) is 0 Å². The molecule has 0 aliphatic heterocycles. The molecule has 0 aromatic rings. The van der Waals surface area contributed by atoms with E-state index in [-0.39, 0.29) is 23.9 Å². The van der Waals surface area contributed by atoms with E-state index in [0.717, 1.165) is 0 Å². The van der Waals surface area contributed by atoms with Crippen molar-refractivity contribution in [1.29, 1.82) is 0 Å². The van der Waals surface area contributed by atoms with Crippen LogP contribution in [0.4, 0.5) is 0 Å². The molecule has 0 aliphatic rings. The van der Waals surface area contributed by atoms with Crippen LogP contribution in [0.15, 0.2) is 0 Å². The van der Waals surface area contributed by atoms with Crippen molar-refractivity contribution < 1.29 is 9.59 Å². The van der Waals surface area contributed by atoms with Crippen molar-refractivity contribution >= 4 is 11.8 Å². The highest BCUT2D eigenvalue weighted by atomic mass is 16.2. The Labute approximate surface area is 104 Å². The van der Waals surface area contributed by atoms with Crippen LogP contribution in [0.5, 0.6) is 0 Å². The number of nitrogens with one attached hydrogen (secondary N) is 3. The zero-order chi connectivity index (χ0) is 13.7. The fourth-order valence-corrected chi connectivity index (χ4v) is 1.37. The minimum Gasteiger partial charge on any atom is -0.359 e. The van der Waals surface area contributed by atoms with Crippen LogP contribution in [0.3, 0.4) is 0 Å². The van der Waals surface area contributed by atoms with E-state index in [1.807, 2.05) is 34.6 Å². The maximum absolute atomic E-state index is 11.5. The average Bonchev–Trinajstić information content (AvgIpc) is 2.13. The summed E-state index contributed by atoms with van der Waals surface area (Å²) < 4.78 is 0. The van der Waals surface area contributed by atoms with Crippen LogP contribution >= 0.6 is 0 Å². The maximum Gasteiger partial charge on any atom is 0.234 e. The second kappa shape index (κ2) is 6.00. The van der Waals surface area contributed by atoms with Crippen molar-refractivity contribution in [3.63, 3.8) is 0 Å². The molecule has 0 aromatic carbocycles. The van der Waals surface area contributed by atoms with E-state index in [9.17, 15) is 9.59 Å². The highest BCUT2D eigenvalue weighted by Crippen LogP contribution is 2.12. The Morgan fingerprint density at radius 3 is 2.00 bits per heavy atom. The molecule has 0 spiro atoms. The fourth-order valence-electron chi connectivity index (χ4n) is 1.37. The molecular formula is C12H25N3O2. The van der Waals surface area contributed by atoms with Crippen LogP contribution in [0.25, 0.3) is 0 Å². The molecule has 0 rings (SSSR count). The van der Waals surface area contributed by atoms with Crippen molar-refractivity contribution in [2.24, 2.45) is 5.41 Å². The zero-order valence-corrected chi connectivity index (χ0v) is 11.7. The zero-order valence-electron chi connectivity index (χ0n) is 11.7. The third-order valence-corrected chi connectivity index (χ3v) is 2.21. The number of hydrogen-bond acceptors (Lipinski definition) is 3. The van der Waals surface area contributed by atoms with Crippen LogP contribution in [-0.2, 0) is 9.59 Å². The van der Waals surface area contributed by atoms with E-state index < -0.39 is 5.41 Å². The normalized spacial score (nSPS) is 12.1. The smallest absolute Gasteiger partial charge is 0.234 e. The summed E-state index contributed by atoms with van der Waals surface area (Å²) in [4.78, 5) is 23.0. The quantitative estimate of drug-likeness (QED) is 0.649. The van der Waals surface area contributed by atoms with E-state index in [1.54, 1.807) is 7.05 Å². The Bertz CT molecular complexity index is 280. The highest BCUT2D eigenvalue weighted by Gasteiger charge is 2.26. The lowest BCUT2D eigenvalue weighted by atomic mass is 9.92. The van der Waals surface area contributed by atoms with Crippen molar-refractivity contribution in [3.8, 4) is 0 Å². The predicted octanol–water partition coefficient (Wildman–Crippen LogP) is 0.263. The predicted molar refractivity (Wildman–Crippen MR) is 68.6 cm³/mol. The molecule has 0 saturated heterocycles. The monoisotopic (exact) mass is 243 g/mol. The number of amides is 2. The lowest BCUT2D eigenvalue weighted by molar-refractivity contribution is -0.129. The second-order valence-corrected chi connectivity index (χ2v) is 5.86. The first kappa shape index (κ1) is 15.9. The fraction of sp³-hybridized carbons (Fsp3) is 0.833. The van der Waals surface area contributed by atoms with E-state index in [2.05, 4.69) is 16.0 Å². The van der Waals surface area contributed by atoms with Crippen molar-refractivity contribution in [2.75, 3.05) is 20.1 Å². The van der Waals surface area contributed by atoms with Gasteiger partial charge >= 0.3 is 0 Å². The van der Waals surface area contributed by atoms with Crippen LogP contribution in [0.2, 0.25) is 0 Å². The van der Waals surface area contributed by atoms with Gasteiger partial charge in [0.1, 0.15) is 0 Å². The molecule has 3 N–H and O–H groups in total. The van der Waals surface area contributed by atoms with E-state index in [0.29, 0.717) is 6.54 Å². The van der Waals surface area contributed by atoms with Crippen molar-refractivity contribution in [2.45, 2.75) is 40.2 Å². The molecule has 0 unspecified atom stereocenters. The molecule has 0 heterocycles. The molecule has 0 fully saturated rings. The summed E-state index contributed by atoms with van der Waals surface area (Å²) >= 11 is 0. The van der Waals surface area contributed by atoms with Gasteiger partial charge in [-0.05, 0) is 34.6 Å². The summed E-state index contributed by atoms with van der Waals surface area (Å²) in [5.74, 6) is -0.105. The van der Waals surface area contributed by atoms with E-state index >= 15 is 0 Å². The summed E-state index contributed by atoms with van der Waals surface area (Å²) in [7, 11) is 1.61. The largest absolute Gasteiger partial charge is 0.359 e. The first-order valence-electron chi connectivity index (χ1n) is 5.82. The lowest BCUT2D eigenvalue weighted by Gasteiger charge is -2.24. The molecule has 5 nitrogen and oxygen atoms in total. The summed E-state index contributed by atoms with van der Waals surface area (Å²) in [6.45, 7) is 10.1. The standard InChI is InChI=1S/C12H25N3O2/c1-11(2,3)15-9(16)7-14-8-12(4,5)10(17)13-6/h14H,7-8H2,1-6H3,(H,13,17)(H,15,16). The first-order chi connectivity index (χ1) is 7.58. The molecule has 0 atom stereocenters. The topological polar surface area (TPSA) is 70.2 Å². The number of hydrogen-bond donors (Lipinski definition) is 3. The van der Waals surface area contributed by atoms with Crippen LogP contribution in [0.1, 0.15) is 34.6 Å². The van der Waals surface area contributed by atoms with Gasteiger partial charge in [-0.2, -0.15) is 0 Å². The second-order valence-electron chi connectivity index (χ2n) is 5.86. The summed E-state index contributed by atoms with van der Waals surface area (Å²) in [6.07, 6.45) is 0. The third kappa shape index (κ3) is 6.94. The molecule has 2 amide bonds. The third-order valence-electron chi connectivity index (χ3n) is 2.21. The molecule has 0 saturated carbocycles. The molecule has 0 radical (unpaired) electrons. The summed E-state index contributed by atoms with van der Waals surface area (Å²) in [6, 6.07) is 0. The van der Waals surface area contributed by atoms with Gasteiger partial charge in [0.25, 0.3) is 0 Å². The molecular weight excluding hydrogens is 218 g/mol. The SMILES string of the molecule is CNC(=O)C(C)(C)CNCC(=O)NC(C)(C)C. The Morgan fingerprint density at radius 1 is 1.06 bits per heavy atom. The van der Waals surface area contributed by atoms with Crippen molar-refractivity contribution in [3.05, 3.63) is 0 Å². The highest BCUT2D eigenvalue weighted by molar-refractivity contribution is 5.82. The van der Waals surface area contributed by atoms with Gasteiger partial charge in [0, 0.05) is 19.1 Å². The van der Waals surface area contributed by atoms with Gasteiger partial charge in [-0.3, -0.25) is 9.59 Å². The Kier molecular flexibility index (Phi) is 5.61. The Morgan fingerprint density at radius 2 is 1.59 bits per heavy atom. The van der Waals surface area contributed by atoms with Gasteiger partial charge in [-0.15, -0.1) is 0 Å². The van der Waals surface area contributed by atoms with E-state index in [1.165, 1.54) is 0 Å². The summed E-state index contributed by atoms with van der Waals surface area (Å²) in [5, 5.41) is 8.44. The van der Waals surface area contributed by atoms with E-state index in [4.69, 9.17) is 0 Å². The Hall–Kier alpha value is -1.10. The number of rotatable bonds is 5. The van der Waals surface area contributed by atoms with Gasteiger partial charge in [0.15, 0.2) is 0 Å². The Balaban J connectivity index is 4.00. The minimum absolute atomic E-state index is 0.0405. The van der Waals surface area contributed by atoms with Gasteiger partial charge in [-0.1, -0.05) is 0 Å². The molecule has 0 aromatic heterocycles. The average molecular weight is 243 g/mol. The van der Waals surface area contributed by atoms with Crippen LogP contribution in [-0.4, -0.2) is 37.5 Å². The summed E-state index contributed by atoms with van der Waals surface area (Å²) in [5.41, 5.74) is -0.744. The lowest BCUT2D eigenvalue weighted by Crippen LogP contribution is -2.48. The molecule has 0 bridgehead atoms. The number of carbonyl (C=O) groups is 2. The number of carbonyl (C=O) groups excluding carboxylic acids is 2.